The number of hydrogen-bond donors (Lipinski definition) is 2. The van der Waals surface area contributed by atoms with Crippen molar-refractivity contribution in [3.63, 3.8) is 0 Å². The number of rotatable bonds is 7. The zero-order valence-corrected chi connectivity index (χ0v) is 9.51. The van der Waals surface area contributed by atoms with Crippen LogP contribution in [0, 0.1) is 0 Å². The molecule has 0 aliphatic heterocycles. The Labute approximate surface area is 94.2 Å². The molecule has 0 aromatic heterocycles. The Hall–Kier alpha value is -1.14. The van der Waals surface area contributed by atoms with E-state index in [-0.39, 0.29) is 26.1 Å². The molecule has 0 aliphatic carbocycles. The summed E-state index contributed by atoms with van der Waals surface area (Å²) in [6, 6.07) is 0. The number of aliphatic hydroxyl groups excluding tert-OH is 2. The first kappa shape index (κ1) is 14.9. The Morgan fingerprint density at radius 2 is 1.25 bits per heavy atom. The third-order valence-corrected chi connectivity index (χ3v) is 1.53. The maximum atomic E-state index is 10.9. The van der Waals surface area contributed by atoms with Gasteiger partial charge in [-0.1, -0.05) is 0 Å². The van der Waals surface area contributed by atoms with E-state index in [0.29, 0.717) is 0 Å². The highest BCUT2D eigenvalue weighted by atomic mass is 16.6. The number of aliphatic hydroxyl groups is 2. The minimum atomic E-state index is -0.745. The molecule has 2 N–H and O–H groups in total. The zero-order valence-electron chi connectivity index (χ0n) is 9.51. The summed E-state index contributed by atoms with van der Waals surface area (Å²) in [5, 5.41) is 17.7. The van der Waals surface area contributed by atoms with Gasteiger partial charge < -0.3 is 19.7 Å². The van der Waals surface area contributed by atoms with Crippen molar-refractivity contribution in [3.05, 3.63) is 0 Å². The molecular formula is C10H18O6. The summed E-state index contributed by atoms with van der Waals surface area (Å²) in [5.74, 6) is -1.08. The van der Waals surface area contributed by atoms with Crippen LogP contribution in [-0.2, 0) is 19.1 Å². The van der Waals surface area contributed by atoms with Crippen LogP contribution in [-0.4, -0.2) is 47.6 Å². The van der Waals surface area contributed by atoms with Crippen LogP contribution in [0.25, 0.3) is 0 Å². The van der Waals surface area contributed by atoms with Gasteiger partial charge in [-0.3, -0.25) is 9.59 Å². The quantitative estimate of drug-likeness (QED) is 0.460. The van der Waals surface area contributed by atoms with Crippen molar-refractivity contribution in [2.45, 2.75) is 38.9 Å². The van der Waals surface area contributed by atoms with E-state index in [1.54, 1.807) is 0 Å². The van der Waals surface area contributed by atoms with Crippen LogP contribution in [0.3, 0.4) is 0 Å². The van der Waals surface area contributed by atoms with Gasteiger partial charge in [0, 0.05) is 0 Å². The van der Waals surface area contributed by atoms with E-state index in [4.69, 9.17) is 10.2 Å². The first-order chi connectivity index (χ1) is 7.41. The molecule has 0 amide bonds. The van der Waals surface area contributed by atoms with E-state index >= 15 is 0 Å². The van der Waals surface area contributed by atoms with E-state index in [0.717, 1.165) is 0 Å². The SMILES string of the molecule is CC(O)CC(=O)OCCOC(=O)CC(C)O. The lowest BCUT2D eigenvalue weighted by molar-refractivity contribution is -0.154. The van der Waals surface area contributed by atoms with Crippen molar-refractivity contribution >= 4 is 11.9 Å². The van der Waals surface area contributed by atoms with Gasteiger partial charge in [0.25, 0.3) is 0 Å². The Morgan fingerprint density at radius 1 is 0.938 bits per heavy atom. The van der Waals surface area contributed by atoms with Crippen LogP contribution in [0.5, 0.6) is 0 Å². The molecule has 0 fully saturated rings. The van der Waals surface area contributed by atoms with Gasteiger partial charge in [-0.15, -0.1) is 0 Å². The molecule has 0 bridgehead atoms. The summed E-state index contributed by atoms with van der Waals surface area (Å²) >= 11 is 0. The fraction of sp³-hybridized carbons (Fsp3) is 0.800. The Bertz CT molecular complexity index is 199. The fourth-order valence-corrected chi connectivity index (χ4v) is 0.911. The summed E-state index contributed by atoms with van der Waals surface area (Å²) in [6.07, 6.45) is -1.65. The third kappa shape index (κ3) is 9.42. The molecule has 6 nitrogen and oxygen atoms in total. The molecule has 0 aromatic carbocycles. The van der Waals surface area contributed by atoms with Crippen molar-refractivity contribution in [2.24, 2.45) is 0 Å². The van der Waals surface area contributed by atoms with Crippen LogP contribution >= 0.6 is 0 Å². The summed E-state index contributed by atoms with van der Waals surface area (Å²) in [6.45, 7) is 2.86. The highest BCUT2D eigenvalue weighted by molar-refractivity contribution is 5.70. The summed E-state index contributed by atoms with van der Waals surface area (Å²) in [7, 11) is 0. The van der Waals surface area contributed by atoms with Gasteiger partial charge in [-0.25, -0.2) is 0 Å². The van der Waals surface area contributed by atoms with Gasteiger partial charge in [0.2, 0.25) is 0 Å². The fourth-order valence-electron chi connectivity index (χ4n) is 0.911. The monoisotopic (exact) mass is 234 g/mol. The van der Waals surface area contributed by atoms with Crippen molar-refractivity contribution in [3.8, 4) is 0 Å². The second-order valence-corrected chi connectivity index (χ2v) is 3.55. The van der Waals surface area contributed by atoms with Crippen LogP contribution in [0.1, 0.15) is 26.7 Å². The average molecular weight is 234 g/mol. The highest BCUT2D eigenvalue weighted by Gasteiger charge is 2.09. The standard InChI is InChI=1S/C10H18O6/c1-7(11)5-9(13)15-3-4-16-10(14)6-8(2)12/h7-8,11-12H,3-6H2,1-2H3. The molecule has 0 heterocycles. The lowest BCUT2D eigenvalue weighted by Crippen LogP contribution is -2.18. The van der Waals surface area contributed by atoms with Crippen LogP contribution in [0.15, 0.2) is 0 Å². The topological polar surface area (TPSA) is 93.1 Å². The first-order valence-corrected chi connectivity index (χ1v) is 5.09. The minimum Gasteiger partial charge on any atom is -0.462 e. The van der Waals surface area contributed by atoms with Gasteiger partial charge in [0.1, 0.15) is 13.2 Å². The molecule has 2 unspecified atom stereocenters. The molecule has 0 saturated carbocycles. The predicted molar refractivity (Wildman–Crippen MR) is 54.5 cm³/mol. The largest absolute Gasteiger partial charge is 0.462 e. The van der Waals surface area contributed by atoms with Gasteiger partial charge in [0.05, 0.1) is 25.0 Å². The molecule has 0 aromatic rings. The van der Waals surface area contributed by atoms with Gasteiger partial charge in [-0.2, -0.15) is 0 Å². The summed E-state index contributed by atoms with van der Waals surface area (Å²) in [5.41, 5.74) is 0. The van der Waals surface area contributed by atoms with Crippen molar-refractivity contribution < 1.29 is 29.3 Å². The van der Waals surface area contributed by atoms with Crippen molar-refractivity contribution in [1.29, 1.82) is 0 Å². The zero-order chi connectivity index (χ0) is 12.6. The third-order valence-electron chi connectivity index (χ3n) is 1.53. The van der Waals surface area contributed by atoms with Crippen LogP contribution in [0.4, 0.5) is 0 Å². The van der Waals surface area contributed by atoms with Crippen LogP contribution in [0.2, 0.25) is 0 Å². The maximum absolute atomic E-state index is 10.9. The Morgan fingerprint density at radius 3 is 1.50 bits per heavy atom. The summed E-state index contributed by atoms with van der Waals surface area (Å²) < 4.78 is 9.34. The molecular weight excluding hydrogens is 216 g/mol. The molecule has 94 valence electrons. The van der Waals surface area contributed by atoms with Crippen LogP contribution < -0.4 is 0 Å². The molecule has 6 heteroatoms. The van der Waals surface area contributed by atoms with E-state index in [9.17, 15) is 9.59 Å². The summed E-state index contributed by atoms with van der Waals surface area (Å²) in [4.78, 5) is 21.8. The van der Waals surface area contributed by atoms with Gasteiger partial charge in [0.15, 0.2) is 0 Å². The molecule has 2 atom stereocenters. The lowest BCUT2D eigenvalue weighted by Gasteiger charge is -2.08. The van der Waals surface area contributed by atoms with Crippen molar-refractivity contribution in [2.75, 3.05) is 13.2 Å². The first-order valence-electron chi connectivity index (χ1n) is 5.09. The molecule has 16 heavy (non-hydrogen) atoms. The van der Waals surface area contributed by atoms with E-state index in [1.807, 2.05) is 0 Å². The predicted octanol–water partition coefficient (Wildman–Crippen LogP) is -0.385. The lowest BCUT2D eigenvalue weighted by atomic mass is 10.3. The molecule has 0 rings (SSSR count). The second-order valence-electron chi connectivity index (χ2n) is 3.55. The second kappa shape index (κ2) is 8.06. The number of ether oxygens (including phenoxy) is 2. The molecule has 0 spiro atoms. The molecule has 0 radical (unpaired) electrons. The molecule has 0 aliphatic rings. The maximum Gasteiger partial charge on any atom is 0.308 e. The Balaban J connectivity index is 3.46. The smallest absolute Gasteiger partial charge is 0.308 e. The molecule has 0 saturated heterocycles. The van der Waals surface area contributed by atoms with Gasteiger partial charge in [-0.05, 0) is 13.8 Å². The number of hydrogen-bond acceptors (Lipinski definition) is 6. The minimum absolute atomic E-state index is 0.0445. The average Bonchev–Trinajstić information content (AvgIpc) is 2.10. The number of carbonyl (C=O) groups excluding carboxylic acids is 2. The normalized spacial score (nSPS) is 14.0. The van der Waals surface area contributed by atoms with Gasteiger partial charge >= 0.3 is 11.9 Å². The van der Waals surface area contributed by atoms with E-state index in [1.165, 1.54) is 13.8 Å². The number of esters is 2. The van der Waals surface area contributed by atoms with E-state index in [2.05, 4.69) is 9.47 Å². The van der Waals surface area contributed by atoms with Crippen molar-refractivity contribution in [1.82, 2.24) is 0 Å². The number of carbonyl (C=O) groups is 2. The van der Waals surface area contributed by atoms with E-state index < -0.39 is 24.1 Å². The Kier molecular flexibility index (Phi) is 7.49. The highest BCUT2D eigenvalue weighted by Crippen LogP contribution is 1.95.